The van der Waals surface area contributed by atoms with Crippen LogP contribution in [0.15, 0.2) is 28.8 Å². The average molecular weight is 384 g/mol. The van der Waals surface area contributed by atoms with Crippen LogP contribution in [0.3, 0.4) is 0 Å². The summed E-state index contributed by atoms with van der Waals surface area (Å²) in [5.41, 5.74) is 0.517. The number of aryl methyl sites for hydroxylation is 1. The number of nitrogens with zero attached hydrogens (tertiary/aromatic N) is 2. The van der Waals surface area contributed by atoms with E-state index in [-0.39, 0.29) is 23.6 Å². The Bertz CT molecular complexity index is 911. The molecule has 1 N–H and O–H groups in total. The maximum atomic E-state index is 14.5. The summed E-state index contributed by atoms with van der Waals surface area (Å²) in [6.45, 7) is 1.01. The lowest BCUT2D eigenvalue weighted by Gasteiger charge is -2.41. The van der Waals surface area contributed by atoms with Gasteiger partial charge in [0.2, 0.25) is 0 Å². The molecule has 0 spiro atoms. The van der Waals surface area contributed by atoms with E-state index in [2.05, 4.69) is 5.16 Å². The molecule has 0 unspecified atom stereocenters. The molecule has 0 radical (unpaired) electrons. The summed E-state index contributed by atoms with van der Waals surface area (Å²) in [4.78, 5) is 15.0. The van der Waals surface area contributed by atoms with E-state index in [0.29, 0.717) is 30.8 Å². The van der Waals surface area contributed by atoms with Crippen molar-refractivity contribution < 1.29 is 18.8 Å². The maximum Gasteiger partial charge on any atom is 0.276 e. The first-order valence-electron chi connectivity index (χ1n) is 10.3. The monoisotopic (exact) mass is 384 g/mol. The SMILES string of the molecule is O=C(c1noc2c1CCCC2)N1C[C@@H]2CCC[C@@](O)(c3ccccc3F)[C@H]2C1. The number of hydrogen-bond donors (Lipinski definition) is 1. The normalized spacial score (nSPS) is 29.4. The zero-order chi connectivity index (χ0) is 19.3. The predicted octanol–water partition coefficient (Wildman–Crippen LogP) is 3.45. The number of carbonyl (C=O) groups excluding carboxylic acids is 1. The van der Waals surface area contributed by atoms with Crippen molar-refractivity contribution in [2.24, 2.45) is 11.8 Å². The fourth-order valence-electron chi connectivity index (χ4n) is 5.54. The van der Waals surface area contributed by atoms with Crippen LogP contribution >= 0.6 is 0 Å². The van der Waals surface area contributed by atoms with Crippen LogP contribution in [-0.2, 0) is 18.4 Å². The van der Waals surface area contributed by atoms with Gasteiger partial charge in [0.1, 0.15) is 11.6 Å². The number of likely N-dealkylation sites (tertiary alicyclic amines) is 1. The highest BCUT2D eigenvalue weighted by atomic mass is 19.1. The molecule has 2 aliphatic carbocycles. The van der Waals surface area contributed by atoms with E-state index in [1.165, 1.54) is 6.07 Å². The van der Waals surface area contributed by atoms with Crippen molar-refractivity contribution in [2.45, 2.75) is 50.5 Å². The molecule has 3 atom stereocenters. The molecular formula is C22H25FN2O3. The molecular weight excluding hydrogens is 359 g/mol. The second-order valence-corrected chi connectivity index (χ2v) is 8.51. The molecule has 6 heteroatoms. The highest BCUT2D eigenvalue weighted by molar-refractivity contribution is 5.94. The third-order valence-corrected chi connectivity index (χ3v) is 6.97. The molecule has 2 fully saturated rings. The Balaban J connectivity index is 1.43. The largest absolute Gasteiger partial charge is 0.385 e. The van der Waals surface area contributed by atoms with Gasteiger partial charge in [-0.3, -0.25) is 4.79 Å². The lowest BCUT2D eigenvalue weighted by molar-refractivity contribution is -0.0668. The van der Waals surface area contributed by atoms with Crippen LogP contribution in [0.5, 0.6) is 0 Å². The Hall–Kier alpha value is -2.21. The summed E-state index contributed by atoms with van der Waals surface area (Å²) in [5, 5.41) is 15.6. The van der Waals surface area contributed by atoms with E-state index in [4.69, 9.17) is 4.52 Å². The second-order valence-electron chi connectivity index (χ2n) is 8.51. The molecule has 1 aromatic carbocycles. The third-order valence-electron chi connectivity index (χ3n) is 6.97. The predicted molar refractivity (Wildman–Crippen MR) is 100 cm³/mol. The second kappa shape index (κ2) is 6.69. The molecule has 2 aromatic rings. The van der Waals surface area contributed by atoms with E-state index < -0.39 is 5.60 Å². The maximum absolute atomic E-state index is 14.5. The van der Waals surface area contributed by atoms with Gasteiger partial charge in [-0.25, -0.2) is 4.39 Å². The Morgan fingerprint density at radius 2 is 2.04 bits per heavy atom. The number of fused-ring (bicyclic) bond motifs is 2. The number of aliphatic hydroxyl groups is 1. The van der Waals surface area contributed by atoms with Crippen molar-refractivity contribution >= 4 is 5.91 Å². The molecule has 1 aliphatic heterocycles. The zero-order valence-electron chi connectivity index (χ0n) is 15.9. The van der Waals surface area contributed by atoms with Crippen LogP contribution in [0.25, 0.3) is 0 Å². The quantitative estimate of drug-likeness (QED) is 0.861. The molecule has 5 nitrogen and oxygen atoms in total. The minimum Gasteiger partial charge on any atom is -0.385 e. The van der Waals surface area contributed by atoms with Gasteiger partial charge in [-0.2, -0.15) is 0 Å². The number of halogens is 1. The van der Waals surface area contributed by atoms with Gasteiger partial charge in [0.05, 0.1) is 5.60 Å². The first-order chi connectivity index (χ1) is 13.6. The van der Waals surface area contributed by atoms with Gasteiger partial charge in [0, 0.05) is 36.6 Å². The Kier molecular flexibility index (Phi) is 4.27. The number of aromatic nitrogens is 1. The smallest absolute Gasteiger partial charge is 0.276 e. The fourth-order valence-corrected chi connectivity index (χ4v) is 5.54. The lowest BCUT2D eigenvalue weighted by atomic mass is 9.67. The topological polar surface area (TPSA) is 66.6 Å². The first kappa shape index (κ1) is 17.9. The van der Waals surface area contributed by atoms with Gasteiger partial charge in [-0.15, -0.1) is 0 Å². The summed E-state index contributed by atoms with van der Waals surface area (Å²) in [6.07, 6.45) is 6.09. The van der Waals surface area contributed by atoms with E-state index >= 15 is 0 Å². The van der Waals surface area contributed by atoms with Crippen molar-refractivity contribution in [1.29, 1.82) is 0 Å². The van der Waals surface area contributed by atoms with Crippen LogP contribution in [0.2, 0.25) is 0 Å². The van der Waals surface area contributed by atoms with Crippen molar-refractivity contribution in [3.8, 4) is 0 Å². The molecule has 148 valence electrons. The molecule has 2 heterocycles. The van der Waals surface area contributed by atoms with Gasteiger partial charge >= 0.3 is 0 Å². The Morgan fingerprint density at radius 3 is 2.89 bits per heavy atom. The molecule has 0 bridgehead atoms. The summed E-state index contributed by atoms with van der Waals surface area (Å²) < 4.78 is 19.9. The van der Waals surface area contributed by atoms with Gasteiger partial charge in [0.15, 0.2) is 5.69 Å². The van der Waals surface area contributed by atoms with Gasteiger partial charge in [-0.05, 0) is 50.5 Å². The molecule has 1 amide bonds. The Morgan fingerprint density at radius 1 is 1.21 bits per heavy atom. The number of rotatable bonds is 2. The minimum atomic E-state index is -1.23. The van der Waals surface area contributed by atoms with Crippen molar-refractivity contribution in [1.82, 2.24) is 10.1 Å². The number of carbonyl (C=O) groups is 1. The first-order valence-corrected chi connectivity index (χ1v) is 10.3. The average Bonchev–Trinajstić information content (AvgIpc) is 3.33. The van der Waals surface area contributed by atoms with Crippen LogP contribution < -0.4 is 0 Å². The van der Waals surface area contributed by atoms with E-state index in [0.717, 1.165) is 49.8 Å². The van der Waals surface area contributed by atoms with Crippen molar-refractivity contribution in [3.05, 3.63) is 52.7 Å². The van der Waals surface area contributed by atoms with Gasteiger partial charge in [0.25, 0.3) is 5.91 Å². The van der Waals surface area contributed by atoms with E-state index in [9.17, 15) is 14.3 Å². The number of amides is 1. The minimum absolute atomic E-state index is 0.114. The molecule has 28 heavy (non-hydrogen) atoms. The molecule has 3 aliphatic rings. The summed E-state index contributed by atoms with van der Waals surface area (Å²) in [5.74, 6) is 0.363. The zero-order valence-corrected chi connectivity index (χ0v) is 15.9. The lowest BCUT2D eigenvalue weighted by Crippen LogP contribution is -2.43. The molecule has 1 aromatic heterocycles. The van der Waals surface area contributed by atoms with Crippen LogP contribution in [0.4, 0.5) is 4.39 Å². The fraction of sp³-hybridized carbons (Fsp3) is 0.545. The van der Waals surface area contributed by atoms with Crippen LogP contribution in [0, 0.1) is 17.7 Å². The number of benzene rings is 1. The van der Waals surface area contributed by atoms with Crippen molar-refractivity contribution in [2.75, 3.05) is 13.1 Å². The number of hydrogen-bond acceptors (Lipinski definition) is 4. The van der Waals surface area contributed by atoms with Gasteiger partial charge < -0.3 is 14.5 Å². The highest BCUT2D eigenvalue weighted by Gasteiger charge is 2.52. The van der Waals surface area contributed by atoms with Crippen molar-refractivity contribution in [3.63, 3.8) is 0 Å². The molecule has 1 saturated carbocycles. The van der Waals surface area contributed by atoms with E-state index in [1.54, 1.807) is 23.1 Å². The third kappa shape index (κ3) is 2.69. The summed E-state index contributed by atoms with van der Waals surface area (Å²) >= 11 is 0. The van der Waals surface area contributed by atoms with Gasteiger partial charge in [-0.1, -0.05) is 23.4 Å². The Labute approximate surface area is 163 Å². The van der Waals surface area contributed by atoms with Crippen LogP contribution in [0.1, 0.15) is 59.5 Å². The summed E-state index contributed by atoms with van der Waals surface area (Å²) in [7, 11) is 0. The highest BCUT2D eigenvalue weighted by Crippen LogP contribution is 2.49. The summed E-state index contributed by atoms with van der Waals surface area (Å²) in [6, 6.07) is 6.48. The molecule has 1 saturated heterocycles. The molecule has 5 rings (SSSR count). The van der Waals surface area contributed by atoms with E-state index in [1.807, 2.05) is 0 Å². The standard InChI is InChI=1S/C22H25FN2O3/c23-18-9-3-2-8-16(18)22(27)11-5-6-14-12-25(13-17(14)22)21(26)20-15-7-1-4-10-19(15)28-24-20/h2-3,8-9,14,17,27H,1,4-7,10-13H2/t14-,17-,22+/m0/s1. The van der Waals surface area contributed by atoms with Crippen LogP contribution in [-0.4, -0.2) is 34.2 Å².